The summed E-state index contributed by atoms with van der Waals surface area (Å²) in [5.41, 5.74) is 7.55. The normalized spacial score (nSPS) is 10.6. The molecular formula is C42H36N2O7. The molecule has 51 heavy (non-hydrogen) atoms. The maximum absolute atomic E-state index is 13.0. The molecule has 0 unspecified atom stereocenters. The Morgan fingerprint density at radius 1 is 0.529 bits per heavy atom. The molecule has 0 saturated heterocycles. The van der Waals surface area contributed by atoms with Crippen molar-refractivity contribution in [1.82, 2.24) is 0 Å². The topological polar surface area (TPSA) is 126 Å². The molecule has 6 aromatic carbocycles. The zero-order valence-electron chi connectivity index (χ0n) is 28.1. The number of hydrogen-bond donors (Lipinski definition) is 4. The predicted octanol–water partition coefficient (Wildman–Crippen LogP) is 10.3. The van der Waals surface area contributed by atoms with Crippen molar-refractivity contribution in [2.75, 3.05) is 10.6 Å². The molecule has 4 N–H and O–H groups in total. The van der Waals surface area contributed by atoms with E-state index in [0.29, 0.717) is 34.0 Å². The summed E-state index contributed by atoms with van der Waals surface area (Å²) in [5.74, 6) is 1.03. The number of anilines is 2. The van der Waals surface area contributed by atoms with Gasteiger partial charge in [-0.2, -0.15) is 0 Å². The van der Waals surface area contributed by atoms with Gasteiger partial charge in [-0.3, -0.25) is 10.6 Å². The molecule has 9 nitrogen and oxygen atoms in total. The van der Waals surface area contributed by atoms with Gasteiger partial charge in [-0.1, -0.05) is 83.9 Å². The quantitative estimate of drug-likeness (QED) is 0.113. The first-order valence-corrected chi connectivity index (χ1v) is 16.2. The highest BCUT2D eigenvalue weighted by molar-refractivity contribution is 5.93. The molecule has 0 fully saturated rings. The number of hydrogen-bond acceptors (Lipinski definition) is 7. The third-order valence-electron chi connectivity index (χ3n) is 7.95. The van der Waals surface area contributed by atoms with Gasteiger partial charge >= 0.3 is 12.2 Å². The zero-order chi connectivity index (χ0) is 35.7. The third kappa shape index (κ3) is 9.24. The SMILES string of the molecule is Cc1cccc(COC(=O)Nc2cc(Oc3ccc(-c4ccc(O)cc4)c(NC(=O)OCc4cccc(C)c4)c3)ccc2-c2ccc(O)cc2)c1. The van der Waals surface area contributed by atoms with Crippen LogP contribution < -0.4 is 15.4 Å². The highest BCUT2D eigenvalue weighted by Crippen LogP contribution is 2.37. The Hall–Kier alpha value is -6.74. The van der Waals surface area contributed by atoms with Crippen LogP contribution in [-0.4, -0.2) is 22.4 Å². The van der Waals surface area contributed by atoms with Gasteiger partial charge < -0.3 is 24.4 Å². The Labute approximate surface area is 295 Å². The summed E-state index contributed by atoms with van der Waals surface area (Å²) in [6.07, 6.45) is -1.30. The van der Waals surface area contributed by atoms with Crippen LogP contribution >= 0.6 is 0 Å². The fourth-order valence-electron chi connectivity index (χ4n) is 5.50. The number of amides is 2. The van der Waals surface area contributed by atoms with Crippen LogP contribution in [0.1, 0.15) is 22.3 Å². The van der Waals surface area contributed by atoms with Crippen molar-refractivity contribution in [1.29, 1.82) is 0 Å². The minimum Gasteiger partial charge on any atom is -0.508 e. The summed E-state index contributed by atoms with van der Waals surface area (Å²) in [7, 11) is 0. The van der Waals surface area contributed by atoms with Crippen molar-refractivity contribution in [3.05, 3.63) is 156 Å². The van der Waals surface area contributed by atoms with Crippen molar-refractivity contribution >= 4 is 23.6 Å². The molecular weight excluding hydrogens is 644 g/mol. The van der Waals surface area contributed by atoms with Gasteiger partial charge in [-0.15, -0.1) is 0 Å². The molecule has 0 aliphatic rings. The smallest absolute Gasteiger partial charge is 0.411 e. The molecule has 6 rings (SSSR count). The molecule has 2 amide bonds. The standard InChI is InChI=1S/C42H36N2O7/c1-27-5-3-7-29(21-27)25-49-41(47)43-39-23-35(17-19-37(39)31-9-13-33(45)14-10-31)51-36-18-20-38(32-11-15-34(46)16-12-32)40(24-36)44-42(48)50-26-30-8-4-6-28(2)22-30/h3-24,45-46H,25-26H2,1-2H3,(H,43,47)(H,44,48). The van der Waals surface area contributed by atoms with Crippen LogP contribution in [0.5, 0.6) is 23.0 Å². The molecule has 0 atom stereocenters. The van der Waals surface area contributed by atoms with E-state index < -0.39 is 12.2 Å². The molecule has 0 saturated carbocycles. The average Bonchev–Trinajstić information content (AvgIpc) is 3.11. The van der Waals surface area contributed by atoms with Crippen molar-refractivity contribution < 1.29 is 34.0 Å². The fourth-order valence-corrected chi connectivity index (χ4v) is 5.50. The Morgan fingerprint density at radius 2 is 0.941 bits per heavy atom. The number of ether oxygens (including phenoxy) is 3. The Balaban J connectivity index is 1.25. The molecule has 0 radical (unpaired) electrons. The van der Waals surface area contributed by atoms with E-state index in [1.807, 2.05) is 62.4 Å². The predicted molar refractivity (Wildman–Crippen MR) is 197 cm³/mol. The van der Waals surface area contributed by atoms with Crippen LogP contribution in [0.4, 0.5) is 21.0 Å². The van der Waals surface area contributed by atoms with Crippen LogP contribution in [0.25, 0.3) is 22.3 Å². The molecule has 0 aliphatic carbocycles. The van der Waals surface area contributed by atoms with Crippen LogP contribution in [-0.2, 0) is 22.7 Å². The van der Waals surface area contributed by atoms with E-state index in [4.69, 9.17) is 14.2 Å². The maximum Gasteiger partial charge on any atom is 0.411 e. The van der Waals surface area contributed by atoms with Gasteiger partial charge in [0.1, 0.15) is 36.2 Å². The van der Waals surface area contributed by atoms with E-state index in [9.17, 15) is 19.8 Å². The first-order valence-electron chi connectivity index (χ1n) is 16.2. The minimum atomic E-state index is -0.650. The van der Waals surface area contributed by atoms with Crippen molar-refractivity contribution in [2.45, 2.75) is 27.1 Å². The largest absolute Gasteiger partial charge is 0.508 e. The lowest BCUT2D eigenvalue weighted by Crippen LogP contribution is -2.14. The molecule has 6 aromatic rings. The zero-order valence-corrected chi connectivity index (χ0v) is 28.1. The first kappa shape index (κ1) is 34.1. The summed E-state index contributed by atoms with van der Waals surface area (Å²) in [5, 5.41) is 25.4. The molecule has 0 aliphatic heterocycles. The van der Waals surface area contributed by atoms with E-state index in [-0.39, 0.29) is 24.7 Å². The monoisotopic (exact) mass is 680 g/mol. The van der Waals surface area contributed by atoms with Gasteiger partial charge in [-0.25, -0.2) is 9.59 Å². The third-order valence-corrected chi connectivity index (χ3v) is 7.95. The van der Waals surface area contributed by atoms with Gasteiger partial charge in [0, 0.05) is 23.3 Å². The van der Waals surface area contributed by atoms with Crippen LogP contribution in [0.3, 0.4) is 0 Å². The Bertz CT molecular complexity index is 2010. The highest BCUT2D eigenvalue weighted by Gasteiger charge is 2.15. The molecule has 0 spiro atoms. The number of benzene rings is 6. The number of aromatic hydroxyl groups is 2. The van der Waals surface area contributed by atoms with Gasteiger partial charge in [-0.05, 0) is 84.6 Å². The second kappa shape index (κ2) is 15.7. The number of rotatable bonds is 10. The summed E-state index contributed by atoms with van der Waals surface area (Å²) in [6, 6.07) is 39.1. The van der Waals surface area contributed by atoms with Gasteiger partial charge in [0.05, 0.1) is 11.4 Å². The number of carbonyl (C=O) groups is 2. The lowest BCUT2D eigenvalue weighted by molar-refractivity contribution is 0.154. The fraction of sp³-hybridized carbons (Fsp3) is 0.0952. The lowest BCUT2D eigenvalue weighted by atomic mass is 10.0. The Kier molecular flexibility index (Phi) is 10.5. The van der Waals surface area contributed by atoms with E-state index in [1.165, 1.54) is 0 Å². The van der Waals surface area contributed by atoms with Crippen molar-refractivity contribution in [2.24, 2.45) is 0 Å². The molecule has 9 heteroatoms. The molecule has 0 aromatic heterocycles. The first-order chi connectivity index (χ1) is 24.7. The van der Waals surface area contributed by atoms with Crippen LogP contribution in [0.15, 0.2) is 133 Å². The molecule has 256 valence electrons. The number of phenols is 2. The molecule has 0 bridgehead atoms. The second-order valence-electron chi connectivity index (χ2n) is 12.0. The average molecular weight is 681 g/mol. The second-order valence-corrected chi connectivity index (χ2v) is 12.0. The van der Waals surface area contributed by atoms with E-state index in [0.717, 1.165) is 33.4 Å². The summed E-state index contributed by atoms with van der Waals surface area (Å²) in [4.78, 5) is 26.0. The van der Waals surface area contributed by atoms with Crippen molar-refractivity contribution in [3.63, 3.8) is 0 Å². The van der Waals surface area contributed by atoms with Gasteiger partial charge in [0.2, 0.25) is 0 Å². The summed E-state index contributed by atoms with van der Waals surface area (Å²) >= 11 is 0. The van der Waals surface area contributed by atoms with Crippen LogP contribution in [0, 0.1) is 13.8 Å². The summed E-state index contributed by atoms with van der Waals surface area (Å²) < 4.78 is 17.3. The number of phenolic OH excluding ortho intramolecular Hbond substituents is 2. The Morgan fingerprint density at radius 3 is 1.33 bits per heavy atom. The van der Waals surface area contributed by atoms with Crippen LogP contribution in [0.2, 0.25) is 0 Å². The maximum atomic E-state index is 13.0. The van der Waals surface area contributed by atoms with E-state index in [2.05, 4.69) is 10.6 Å². The van der Waals surface area contributed by atoms with Gasteiger partial charge in [0.25, 0.3) is 0 Å². The minimum absolute atomic E-state index is 0.0921. The van der Waals surface area contributed by atoms with E-state index in [1.54, 1.807) is 84.9 Å². The van der Waals surface area contributed by atoms with Crippen molar-refractivity contribution in [3.8, 4) is 45.3 Å². The summed E-state index contributed by atoms with van der Waals surface area (Å²) in [6.45, 7) is 4.12. The molecule has 0 heterocycles. The number of carbonyl (C=O) groups excluding carboxylic acids is 2. The lowest BCUT2D eigenvalue weighted by Gasteiger charge is -2.16. The highest BCUT2D eigenvalue weighted by atomic mass is 16.6. The van der Waals surface area contributed by atoms with E-state index >= 15 is 0 Å². The number of aryl methyl sites for hydroxylation is 2. The van der Waals surface area contributed by atoms with Gasteiger partial charge in [0.15, 0.2) is 0 Å². The number of nitrogens with one attached hydrogen (secondary N) is 2.